The SMILES string of the molecule is CCN(CCO)CCSc1cccc(C(F)(F)F)c1. The Bertz CT molecular complexity index is 384. The van der Waals surface area contributed by atoms with Gasteiger partial charge in [-0.05, 0) is 24.7 Å². The molecule has 0 radical (unpaired) electrons. The van der Waals surface area contributed by atoms with Crippen molar-refractivity contribution in [2.45, 2.75) is 18.0 Å². The van der Waals surface area contributed by atoms with Crippen molar-refractivity contribution in [3.8, 4) is 0 Å². The van der Waals surface area contributed by atoms with Gasteiger partial charge in [0.05, 0.1) is 12.2 Å². The molecule has 1 aromatic rings. The highest BCUT2D eigenvalue weighted by atomic mass is 32.2. The van der Waals surface area contributed by atoms with E-state index in [1.807, 2.05) is 6.92 Å². The average Bonchev–Trinajstić information content (AvgIpc) is 2.37. The van der Waals surface area contributed by atoms with Crippen molar-refractivity contribution in [2.24, 2.45) is 0 Å². The minimum atomic E-state index is -4.29. The van der Waals surface area contributed by atoms with Crippen LogP contribution >= 0.6 is 11.8 Å². The predicted molar refractivity (Wildman–Crippen MR) is 71.4 cm³/mol. The van der Waals surface area contributed by atoms with Gasteiger partial charge in [0.15, 0.2) is 0 Å². The van der Waals surface area contributed by atoms with Crippen LogP contribution in [0.25, 0.3) is 0 Å². The number of likely N-dealkylation sites (N-methyl/N-ethyl adjacent to an activating group) is 1. The summed E-state index contributed by atoms with van der Waals surface area (Å²) in [7, 11) is 0. The minimum absolute atomic E-state index is 0.0993. The second-order valence-electron chi connectivity index (χ2n) is 4.03. The van der Waals surface area contributed by atoms with E-state index in [1.165, 1.54) is 23.9 Å². The van der Waals surface area contributed by atoms with Crippen LogP contribution in [0.5, 0.6) is 0 Å². The molecule has 0 fully saturated rings. The van der Waals surface area contributed by atoms with Gasteiger partial charge in [-0.25, -0.2) is 0 Å². The Balaban J connectivity index is 2.49. The molecule has 0 heterocycles. The Morgan fingerprint density at radius 3 is 2.58 bits per heavy atom. The molecular formula is C13H18F3NOS. The smallest absolute Gasteiger partial charge is 0.395 e. The van der Waals surface area contributed by atoms with Crippen LogP contribution in [-0.4, -0.2) is 42.0 Å². The van der Waals surface area contributed by atoms with Crippen LogP contribution < -0.4 is 0 Å². The number of alkyl halides is 3. The predicted octanol–water partition coefficient (Wildman–Crippen LogP) is 3.11. The summed E-state index contributed by atoms with van der Waals surface area (Å²) in [5.74, 6) is 0.704. The molecule has 0 saturated heterocycles. The molecule has 1 N–H and O–H groups in total. The lowest BCUT2D eigenvalue weighted by Crippen LogP contribution is -2.28. The molecule has 0 bridgehead atoms. The molecule has 1 rings (SSSR count). The molecule has 108 valence electrons. The van der Waals surface area contributed by atoms with Crippen molar-refractivity contribution < 1.29 is 18.3 Å². The van der Waals surface area contributed by atoms with Gasteiger partial charge < -0.3 is 10.0 Å². The first-order valence-electron chi connectivity index (χ1n) is 6.10. The third-order valence-electron chi connectivity index (χ3n) is 2.70. The zero-order valence-corrected chi connectivity index (χ0v) is 11.6. The summed E-state index contributed by atoms with van der Waals surface area (Å²) >= 11 is 1.40. The minimum Gasteiger partial charge on any atom is -0.395 e. The number of benzene rings is 1. The molecular weight excluding hydrogens is 275 g/mol. The van der Waals surface area contributed by atoms with Crippen molar-refractivity contribution >= 4 is 11.8 Å². The summed E-state index contributed by atoms with van der Waals surface area (Å²) in [4.78, 5) is 2.68. The number of halogens is 3. The molecule has 0 saturated carbocycles. The molecule has 19 heavy (non-hydrogen) atoms. The van der Waals surface area contributed by atoms with Crippen LogP contribution in [0, 0.1) is 0 Å². The van der Waals surface area contributed by atoms with Gasteiger partial charge in [-0.1, -0.05) is 13.0 Å². The normalized spacial score (nSPS) is 12.1. The number of nitrogens with zero attached hydrogens (tertiary/aromatic N) is 1. The van der Waals surface area contributed by atoms with E-state index in [0.717, 1.165) is 19.2 Å². The van der Waals surface area contributed by atoms with Crippen molar-refractivity contribution in [1.29, 1.82) is 0 Å². The molecule has 0 aliphatic carbocycles. The maximum absolute atomic E-state index is 12.5. The Morgan fingerprint density at radius 1 is 1.26 bits per heavy atom. The second-order valence-corrected chi connectivity index (χ2v) is 5.20. The zero-order valence-electron chi connectivity index (χ0n) is 10.8. The molecule has 0 amide bonds. The summed E-state index contributed by atoms with van der Waals surface area (Å²) in [6.45, 7) is 4.26. The third kappa shape index (κ3) is 5.84. The topological polar surface area (TPSA) is 23.5 Å². The van der Waals surface area contributed by atoms with Gasteiger partial charge in [-0.3, -0.25) is 0 Å². The van der Waals surface area contributed by atoms with Crippen LogP contribution in [0.15, 0.2) is 29.2 Å². The van der Waals surface area contributed by atoms with Gasteiger partial charge in [-0.15, -0.1) is 11.8 Å². The average molecular weight is 293 g/mol. The Hall–Kier alpha value is -0.720. The summed E-state index contributed by atoms with van der Waals surface area (Å²) in [5.41, 5.74) is -0.611. The molecule has 0 spiro atoms. The van der Waals surface area contributed by atoms with Crippen molar-refractivity contribution in [1.82, 2.24) is 4.90 Å². The van der Waals surface area contributed by atoms with E-state index in [1.54, 1.807) is 6.07 Å². The molecule has 2 nitrogen and oxygen atoms in total. The van der Waals surface area contributed by atoms with E-state index >= 15 is 0 Å². The van der Waals surface area contributed by atoms with Crippen LogP contribution in [0.3, 0.4) is 0 Å². The van der Waals surface area contributed by atoms with E-state index < -0.39 is 11.7 Å². The maximum atomic E-state index is 12.5. The molecule has 1 aromatic carbocycles. The molecule has 0 aromatic heterocycles. The summed E-state index contributed by atoms with van der Waals surface area (Å²) in [6, 6.07) is 5.36. The maximum Gasteiger partial charge on any atom is 0.416 e. The van der Waals surface area contributed by atoms with Gasteiger partial charge in [-0.2, -0.15) is 13.2 Å². The van der Waals surface area contributed by atoms with Gasteiger partial charge in [0.1, 0.15) is 0 Å². The Kier molecular flexibility index (Phi) is 6.68. The molecule has 6 heteroatoms. The summed E-state index contributed by atoms with van der Waals surface area (Å²) < 4.78 is 37.6. The first-order chi connectivity index (χ1) is 8.97. The van der Waals surface area contributed by atoms with E-state index in [9.17, 15) is 13.2 Å². The first kappa shape index (κ1) is 16.3. The lowest BCUT2D eigenvalue weighted by Gasteiger charge is -2.18. The highest BCUT2D eigenvalue weighted by molar-refractivity contribution is 7.99. The summed E-state index contributed by atoms with van der Waals surface area (Å²) in [6.07, 6.45) is -4.29. The van der Waals surface area contributed by atoms with Crippen LogP contribution in [-0.2, 0) is 6.18 Å². The van der Waals surface area contributed by atoms with E-state index in [-0.39, 0.29) is 6.61 Å². The monoisotopic (exact) mass is 293 g/mol. The highest BCUT2D eigenvalue weighted by Gasteiger charge is 2.30. The zero-order chi connectivity index (χ0) is 14.3. The van der Waals surface area contributed by atoms with Crippen LogP contribution in [0.2, 0.25) is 0 Å². The number of hydrogen-bond acceptors (Lipinski definition) is 3. The number of aliphatic hydroxyl groups excluding tert-OH is 1. The summed E-state index contributed by atoms with van der Waals surface area (Å²) in [5, 5.41) is 8.84. The highest BCUT2D eigenvalue weighted by Crippen LogP contribution is 2.31. The quantitative estimate of drug-likeness (QED) is 0.781. The van der Waals surface area contributed by atoms with Crippen molar-refractivity contribution in [3.05, 3.63) is 29.8 Å². The number of rotatable bonds is 7. The second kappa shape index (κ2) is 7.77. The fourth-order valence-electron chi connectivity index (χ4n) is 1.62. The number of aliphatic hydroxyl groups is 1. The number of hydrogen-bond donors (Lipinski definition) is 1. The standard InChI is InChI=1S/C13H18F3NOS/c1-2-17(6-8-18)7-9-19-12-5-3-4-11(10-12)13(14,15)16/h3-5,10,18H,2,6-9H2,1H3. The van der Waals surface area contributed by atoms with Gasteiger partial charge in [0, 0.05) is 23.7 Å². The third-order valence-corrected chi connectivity index (χ3v) is 3.68. The lowest BCUT2D eigenvalue weighted by atomic mass is 10.2. The largest absolute Gasteiger partial charge is 0.416 e. The van der Waals surface area contributed by atoms with Crippen LogP contribution in [0.4, 0.5) is 13.2 Å². The van der Waals surface area contributed by atoms with Crippen LogP contribution in [0.1, 0.15) is 12.5 Å². The van der Waals surface area contributed by atoms with E-state index in [4.69, 9.17) is 5.11 Å². The molecule has 0 aliphatic heterocycles. The van der Waals surface area contributed by atoms with Gasteiger partial charge in [0.25, 0.3) is 0 Å². The fraction of sp³-hybridized carbons (Fsp3) is 0.538. The van der Waals surface area contributed by atoms with E-state index in [0.29, 0.717) is 17.2 Å². The number of thioether (sulfide) groups is 1. The molecule has 0 unspecified atom stereocenters. The van der Waals surface area contributed by atoms with E-state index in [2.05, 4.69) is 4.90 Å². The van der Waals surface area contributed by atoms with Gasteiger partial charge in [0.2, 0.25) is 0 Å². The van der Waals surface area contributed by atoms with Crippen molar-refractivity contribution in [3.63, 3.8) is 0 Å². The first-order valence-corrected chi connectivity index (χ1v) is 7.09. The molecule has 0 atom stereocenters. The Morgan fingerprint density at radius 2 is 2.00 bits per heavy atom. The van der Waals surface area contributed by atoms with Crippen molar-refractivity contribution in [2.75, 3.05) is 32.0 Å². The molecule has 0 aliphatic rings. The fourth-order valence-corrected chi connectivity index (χ4v) is 2.59. The lowest BCUT2D eigenvalue weighted by molar-refractivity contribution is -0.137. The Labute approximate surface area is 115 Å². The van der Waals surface area contributed by atoms with Gasteiger partial charge >= 0.3 is 6.18 Å².